The number of ether oxygens (including phenoxy) is 2. The summed E-state index contributed by atoms with van der Waals surface area (Å²) in [4.78, 5) is 24.9. The van der Waals surface area contributed by atoms with Gasteiger partial charge in [0.05, 0.1) is 36.7 Å². The van der Waals surface area contributed by atoms with Gasteiger partial charge in [-0.3, -0.25) is 9.59 Å². The summed E-state index contributed by atoms with van der Waals surface area (Å²) in [7, 11) is 0. The highest BCUT2D eigenvalue weighted by atomic mass is 16.5. The van der Waals surface area contributed by atoms with E-state index in [-0.39, 0.29) is 23.9 Å². The van der Waals surface area contributed by atoms with E-state index in [4.69, 9.17) is 19.7 Å². The van der Waals surface area contributed by atoms with E-state index in [1.807, 2.05) is 109 Å². The molecule has 0 fully saturated rings. The van der Waals surface area contributed by atoms with Gasteiger partial charge in [-0.1, -0.05) is 84.9 Å². The minimum absolute atomic E-state index is 0.0870. The number of amides is 2. The number of carbonyl (C=O) groups excluding carboxylic acids is 2. The number of nitrogens with zero attached hydrogens (tertiary/aromatic N) is 4. The van der Waals surface area contributed by atoms with Crippen LogP contribution in [0.15, 0.2) is 119 Å². The predicted octanol–water partition coefficient (Wildman–Crippen LogP) is 7.32. The van der Waals surface area contributed by atoms with Crippen molar-refractivity contribution in [1.29, 1.82) is 0 Å². The van der Waals surface area contributed by atoms with Crippen molar-refractivity contribution in [3.63, 3.8) is 0 Å². The minimum Gasteiger partial charge on any atom is -0.493 e. The van der Waals surface area contributed by atoms with Crippen LogP contribution < -0.4 is 9.47 Å². The van der Waals surface area contributed by atoms with E-state index in [1.54, 1.807) is 23.9 Å². The van der Waals surface area contributed by atoms with E-state index in [2.05, 4.69) is 0 Å². The number of hydrogen-bond acceptors (Lipinski definition) is 6. The molecule has 0 saturated heterocycles. The summed E-state index contributed by atoms with van der Waals surface area (Å²) in [6.45, 7) is 4.14. The van der Waals surface area contributed by atoms with Crippen molar-refractivity contribution >= 4 is 23.2 Å². The van der Waals surface area contributed by atoms with Gasteiger partial charge in [0.15, 0.2) is 0 Å². The third kappa shape index (κ3) is 6.86. The van der Waals surface area contributed by atoms with Crippen molar-refractivity contribution < 1.29 is 19.1 Å². The van der Waals surface area contributed by atoms with Crippen LogP contribution in [0.5, 0.6) is 11.5 Å². The van der Waals surface area contributed by atoms with Crippen LogP contribution >= 0.6 is 0 Å². The Labute approximate surface area is 270 Å². The molecule has 8 heteroatoms. The van der Waals surface area contributed by atoms with E-state index in [0.717, 1.165) is 58.0 Å². The molecule has 234 valence electrons. The van der Waals surface area contributed by atoms with Crippen LogP contribution in [0.2, 0.25) is 0 Å². The molecule has 0 aromatic heterocycles. The SMILES string of the molecule is CC(=O)N1N=C(c2ccccc2OCCCCOc2ccccc2C2=NN(C(C)=O)C(c3ccccc3)C2)CC1c1ccccc1. The Morgan fingerprint density at radius 1 is 0.587 bits per heavy atom. The third-order valence-electron chi connectivity index (χ3n) is 8.28. The van der Waals surface area contributed by atoms with Crippen LogP contribution in [0.3, 0.4) is 0 Å². The Kier molecular flexibility index (Phi) is 9.53. The lowest BCUT2D eigenvalue weighted by Gasteiger charge is -2.20. The van der Waals surface area contributed by atoms with Gasteiger partial charge in [0.25, 0.3) is 0 Å². The molecular weight excluding hydrogens is 576 g/mol. The molecule has 2 unspecified atom stereocenters. The van der Waals surface area contributed by atoms with E-state index in [0.29, 0.717) is 26.1 Å². The molecule has 0 bridgehead atoms. The lowest BCUT2D eigenvalue weighted by Crippen LogP contribution is -2.24. The van der Waals surface area contributed by atoms with E-state index in [1.165, 1.54) is 0 Å². The first-order valence-electron chi connectivity index (χ1n) is 15.8. The Hall–Kier alpha value is -5.24. The van der Waals surface area contributed by atoms with Crippen molar-refractivity contribution in [1.82, 2.24) is 10.0 Å². The van der Waals surface area contributed by atoms with Gasteiger partial charge in [-0.05, 0) is 48.2 Å². The highest BCUT2D eigenvalue weighted by molar-refractivity contribution is 6.05. The van der Waals surface area contributed by atoms with E-state index < -0.39 is 0 Å². The monoisotopic (exact) mass is 614 g/mol. The van der Waals surface area contributed by atoms with Crippen molar-refractivity contribution in [3.8, 4) is 11.5 Å². The zero-order valence-corrected chi connectivity index (χ0v) is 26.2. The maximum Gasteiger partial charge on any atom is 0.240 e. The summed E-state index contributed by atoms with van der Waals surface area (Å²) in [6, 6.07) is 35.5. The molecule has 2 atom stereocenters. The number of hydrazone groups is 2. The molecule has 46 heavy (non-hydrogen) atoms. The summed E-state index contributed by atoms with van der Waals surface area (Å²) in [6.07, 6.45) is 2.84. The molecule has 2 aliphatic rings. The molecular formula is C38H38N4O4. The predicted molar refractivity (Wildman–Crippen MR) is 179 cm³/mol. The Morgan fingerprint density at radius 2 is 0.957 bits per heavy atom. The first kappa shape index (κ1) is 30.8. The molecule has 0 aliphatic carbocycles. The van der Waals surface area contributed by atoms with Crippen molar-refractivity contribution in [2.45, 2.75) is 51.6 Å². The second-order valence-electron chi connectivity index (χ2n) is 11.5. The van der Waals surface area contributed by atoms with Gasteiger partial charge in [0, 0.05) is 37.8 Å². The second-order valence-corrected chi connectivity index (χ2v) is 11.5. The van der Waals surface area contributed by atoms with Crippen LogP contribution in [-0.2, 0) is 9.59 Å². The number of para-hydroxylation sites is 2. The Bertz CT molecular complexity index is 1610. The van der Waals surface area contributed by atoms with Gasteiger partial charge >= 0.3 is 0 Å². The maximum atomic E-state index is 12.4. The average molecular weight is 615 g/mol. The van der Waals surface area contributed by atoms with Gasteiger partial charge < -0.3 is 9.47 Å². The summed E-state index contributed by atoms with van der Waals surface area (Å²) in [5.74, 6) is 1.34. The zero-order valence-electron chi connectivity index (χ0n) is 26.2. The Balaban J connectivity index is 1.04. The van der Waals surface area contributed by atoms with E-state index in [9.17, 15) is 9.59 Å². The minimum atomic E-state index is -0.133. The molecule has 2 aliphatic heterocycles. The van der Waals surface area contributed by atoms with Crippen LogP contribution in [0.25, 0.3) is 0 Å². The largest absolute Gasteiger partial charge is 0.493 e. The number of carbonyl (C=O) groups is 2. The molecule has 4 aromatic carbocycles. The van der Waals surface area contributed by atoms with Crippen molar-refractivity contribution in [3.05, 3.63) is 131 Å². The van der Waals surface area contributed by atoms with Crippen LogP contribution in [0, 0.1) is 0 Å². The van der Waals surface area contributed by atoms with Crippen molar-refractivity contribution in [2.75, 3.05) is 13.2 Å². The number of hydrogen-bond donors (Lipinski definition) is 0. The van der Waals surface area contributed by atoms with Crippen LogP contribution in [0.1, 0.15) is 73.9 Å². The molecule has 0 N–H and O–H groups in total. The van der Waals surface area contributed by atoms with Gasteiger partial charge in [-0.15, -0.1) is 0 Å². The number of unbranched alkanes of at least 4 members (excludes halogenated alkanes) is 1. The molecule has 0 saturated carbocycles. The summed E-state index contributed by atoms with van der Waals surface area (Å²) >= 11 is 0. The fourth-order valence-corrected chi connectivity index (χ4v) is 6.03. The molecule has 6 rings (SSSR count). The lowest BCUT2D eigenvalue weighted by molar-refractivity contribution is -0.131. The smallest absolute Gasteiger partial charge is 0.240 e. The standard InChI is InChI=1S/C38H38N4O4/c1-27(43)41-35(29-15-5-3-6-16-29)25-33(39-41)31-19-9-11-21-37(31)45-23-13-14-24-46-38-22-12-10-20-32(38)34-26-36(42(40-34)28(2)44)30-17-7-4-8-18-30/h3-12,15-22,35-36H,13-14,23-26H2,1-2H3. The normalized spacial score (nSPS) is 17.4. The van der Waals surface area contributed by atoms with E-state index >= 15 is 0 Å². The van der Waals surface area contributed by atoms with Gasteiger partial charge in [0.1, 0.15) is 11.5 Å². The zero-order chi connectivity index (χ0) is 31.9. The Morgan fingerprint density at radius 3 is 1.35 bits per heavy atom. The fraction of sp³-hybridized carbons (Fsp3) is 0.263. The second kappa shape index (κ2) is 14.2. The highest BCUT2D eigenvalue weighted by Gasteiger charge is 2.33. The van der Waals surface area contributed by atoms with Crippen LogP contribution in [0.4, 0.5) is 0 Å². The number of benzene rings is 4. The number of rotatable bonds is 11. The molecule has 4 aromatic rings. The third-order valence-corrected chi connectivity index (χ3v) is 8.28. The van der Waals surface area contributed by atoms with Gasteiger partial charge in [0.2, 0.25) is 11.8 Å². The quantitative estimate of drug-likeness (QED) is 0.166. The molecule has 2 amide bonds. The molecule has 2 heterocycles. The van der Waals surface area contributed by atoms with Gasteiger partial charge in [-0.25, -0.2) is 10.0 Å². The maximum absolute atomic E-state index is 12.4. The summed E-state index contributed by atoms with van der Waals surface area (Å²) in [5, 5.41) is 12.6. The van der Waals surface area contributed by atoms with Gasteiger partial charge in [-0.2, -0.15) is 10.2 Å². The summed E-state index contributed by atoms with van der Waals surface area (Å²) < 4.78 is 12.5. The first-order chi connectivity index (χ1) is 22.5. The highest BCUT2D eigenvalue weighted by Crippen LogP contribution is 2.36. The molecule has 8 nitrogen and oxygen atoms in total. The van der Waals surface area contributed by atoms with Crippen LogP contribution in [-0.4, -0.2) is 46.5 Å². The first-order valence-corrected chi connectivity index (χ1v) is 15.8. The average Bonchev–Trinajstić information content (AvgIpc) is 3.74. The lowest BCUT2D eigenvalue weighted by atomic mass is 9.98. The molecule has 0 radical (unpaired) electrons. The fourth-order valence-electron chi connectivity index (χ4n) is 6.03. The summed E-state index contributed by atoms with van der Waals surface area (Å²) in [5.41, 5.74) is 5.61. The topological polar surface area (TPSA) is 83.8 Å². The van der Waals surface area contributed by atoms with Crippen molar-refractivity contribution in [2.24, 2.45) is 10.2 Å². The molecule has 0 spiro atoms.